The Hall–Kier alpha value is -3.56. The standard InChI is InChI=1S/C27H32FN5O3/c1-16-25-22(32-26(29)30-16)13-17(14-23(25)33-36-12-11-35-27(2,3)4)19-10-9-18(28)15-20(19)21-7-6-8-24(31-21)34-5/h6-10,14-15,17,33H,11-13H2,1-5H3,(H2,29,30,32). The lowest BCUT2D eigenvalue weighted by atomic mass is 9.83. The first-order valence-corrected chi connectivity index (χ1v) is 11.8. The number of hydrogen-bond donors (Lipinski definition) is 2. The molecule has 9 heteroatoms. The van der Waals surface area contributed by atoms with Gasteiger partial charge in [0, 0.05) is 29.5 Å². The van der Waals surface area contributed by atoms with E-state index in [1.54, 1.807) is 19.2 Å². The summed E-state index contributed by atoms with van der Waals surface area (Å²) in [5, 5.41) is 0. The van der Waals surface area contributed by atoms with E-state index < -0.39 is 0 Å². The van der Waals surface area contributed by atoms with E-state index in [0.29, 0.717) is 36.8 Å². The van der Waals surface area contributed by atoms with E-state index in [4.69, 9.17) is 20.0 Å². The van der Waals surface area contributed by atoms with Crippen LogP contribution in [-0.2, 0) is 16.0 Å². The number of aromatic nitrogens is 3. The van der Waals surface area contributed by atoms with Crippen molar-refractivity contribution in [2.45, 2.75) is 45.6 Å². The highest BCUT2D eigenvalue weighted by Gasteiger charge is 2.27. The van der Waals surface area contributed by atoms with Crippen LogP contribution in [0.2, 0.25) is 0 Å². The van der Waals surface area contributed by atoms with E-state index in [1.807, 2.05) is 39.8 Å². The third-order valence-corrected chi connectivity index (χ3v) is 5.76. The van der Waals surface area contributed by atoms with Crippen molar-refractivity contribution in [3.63, 3.8) is 0 Å². The number of anilines is 1. The maximum absolute atomic E-state index is 14.4. The van der Waals surface area contributed by atoms with Crippen molar-refractivity contribution in [2.75, 3.05) is 26.1 Å². The molecule has 190 valence electrons. The van der Waals surface area contributed by atoms with Crippen LogP contribution in [0.5, 0.6) is 5.88 Å². The Labute approximate surface area is 210 Å². The molecule has 0 radical (unpaired) electrons. The largest absolute Gasteiger partial charge is 0.481 e. The molecule has 0 aliphatic heterocycles. The fraction of sp³-hybridized carbons (Fsp3) is 0.370. The quantitative estimate of drug-likeness (QED) is 0.347. The van der Waals surface area contributed by atoms with Crippen LogP contribution in [0.1, 0.15) is 49.2 Å². The van der Waals surface area contributed by atoms with Gasteiger partial charge in [0.1, 0.15) is 5.82 Å². The molecule has 1 unspecified atom stereocenters. The third-order valence-electron chi connectivity index (χ3n) is 5.76. The number of ether oxygens (including phenoxy) is 2. The van der Waals surface area contributed by atoms with Gasteiger partial charge in [0.05, 0.1) is 48.7 Å². The first-order valence-electron chi connectivity index (χ1n) is 11.8. The van der Waals surface area contributed by atoms with Crippen LogP contribution in [0.4, 0.5) is 10.3 Å². The second-order valence-corrected chi connectivity index (χ2v) is 9.59. The number of nitrogen functional groups attached to an aromatic ring is 1. The van der Waals surface area contributed by atoms with Gasteiger partial charge in [-0.3, -0.25) is 10.3 Å². The Bertz CT molecular complexity index is 1270. The van der Waals surface area contributed by atoms with Gasteiger partial charge < -0.3 is 15.2 Å². The van der Waals surface area contributed by atoms with Crippen molar-refractivity contribution in [1.82, 2.24) is 20.4 Å². The zero-order valence-electron chi connectivity index (χ0n) is 21.3. The Balaban J connectivity index is 1.69. The van der Waals surface area contributed by atoms with E-state index >= 15 is 0 Å². The number of benzene rings is 1. The Morgan fingerprint density at radius 3 is 2.67 bits per heavy atom. The summed E-state index contributed by atoms with van der Waals surface area (Å²) in [6.45, 7) is 8.65. The van der Waals surface area contributed by atoms with E-state index in [0.717, 1.165) is 28.2 Å². The number of nitrogens with one attached hydrogen (secondary N) is 1. The summed E-state index contributed by atoms with van der Waals surface area (Å²) >= 11 is 0. The van der Waals surface area contributed by atoms with Gasteiger partial charge in [-0.25, -0.2) is 19.3 Å². The summed E-state index contributed by atoms with van der Waals surface area (Å²) in [5.74, 6) is 0.171. The number of fused-ring (bicyclic) bond motifs is 1. The zero-order valence-corrected chi connectivity index (χ0v) is 21.3. The van der Waals surface area contributed by atoms with Gasteiger partial charge in [0.15, 0.2) is 0 Å². The number of nitrogens with two attached hydrogens (primary N) is 1. The highest BCUT2D eigenvalue weighted by molar-refractivity contribution is 5.73. The second kappa shape index (κ2) is 10.6. The van der Waals surface area contributed by atoms with Gasteiger partial charge in [-0.15, -0.1) is 0 Å². The number of pyridine rings is 1. The Morgan fingerprint density at radius 2 is 1.92 bits per heavy atom. The highest BCUT2D eigenvalue weighted by Crippen LogP contribution is 2.38. The average Bonchev–Trinajstić information content (AvgIpc) is 2.82. The lowest BCUT2D eigenvalue weighted by Crippen LogP contribution is -2.26. The topological polar surface area (TPSA) is 104 Å². The highest BCUT2D eigenvalue weighted by atomic mass is 19.1. The molecule has 0 bridgehead atoms. The number of nitrogens with zero attached hydrogens (tertiary/aromatic N) is 3. The number of aryl methyl sites for hydroxylation is 1. The maximum Gasteiger partial charge on any atom is 0.220 e. The second-order valence-electron chi connectivity index (χ2n) is 9.59. The molecule has 0 spiro atoms. The monoisotopic (exact) mass is 493 g/mol. The van der Waals surface area contributed by atoms with E-state index in [1.165, 1.54) is 12.1 Å². The molecule has 2 aromatic heterocycles. The molecule has 3 N–H and O–H groups in total. The molecule has 0 amide bonds. The van der Waals surface area contributed by atoms with Crippen LogP contribution in [0.15, 0.2) is 42.5 Å². The van der Waals surface area contributed by atoms with E-state index in [2.05, 4.69) is 26.5 Å². The smallest absolute Gasteiger partial charge is 0.220 e. The fourth-order valence-electron chi connectivity index (χ4n) is 4.26. The van der Waals surface area contributed by atoms with Crippen LogP contribution in [-0.4, -0.2) is 40.9 Å². The number of methoxy groups -OCH3 is 1. The van der Waals surface area contributed by atoms with Gasteiger partial charge in [0.25, 0.3) is 0 Å². The van der Waals surface area contributed by atoms with Gasteiger partial charge >= 0.3 is 0 Å². The Morgan fingerprint density at radius 1 is 1.11 bits per heavy atom. The number of hydroxylamine groups is 1. The van der Waals surface area contributed by atoms with Crippen LogP contribution < -0.4 is 16.0 Å². The first-order chi connectivity index (χ1) is 17.1. The summed E-state index contributed by atoms with van der Waals surface area (Å²) in [7, 11) is 1.55. The van der Waals surface area contributed by atoms with Crippen molar-refractivity contribution in [3.05, 3.63) is 70.8 Å². The minimum Gasteiger partial charge on any atom is -0.481 e. The van der Waals surface area contributed by atoms with Gasteiger partial charge in [0.2, 0.25) is 11.8 Å². The SMILES string of the molecule is COc1cccc(-c2cc(F)ccc2C2C=C(NOCCOC(C)(C)C)c3c(C)nc(N)nc3C2)n1. The minimum atomic E-state index is -0.346. The molecule has 8 nitrogen and oxygen atoms in total. The number of halogens is 1. The lowest BCUT2D eigenvalue weighted by Gasteiger charge is -2.27. The molecular formula is C27H32FN5O3. The van der Waals surface area contributed by atoms with Crippen LogP contribution in [0.3, 0.4) is 0 Å². The van der Waals surface area contributed by atoms with Gasteiger partial charge in [-0.2, -0.15) is 0 Å². The van der Waals surface area contributed by atoms with Crippen LogP contribution in [0.25, 0.3) is 17.0 Å². The van der Waals surface area contributed by atoms with Crippen molar-refractivity contribution in [3.8, 4) is 17.1 Å². The van der Waals surface area contributed by atoms with Crippen LogP contribution in [0, 0.1) is 12.7 Å². The van der Waals surface area contributed by atoms with Crippen molar-refractivity contribution >= 4 is 11.6 Å². The predicted molar refractivity (Wildman–Crippen MR) is 137 cm³/mol. The normalized spacial score (nSPS) is 15.3. The predicted octanol–water partition coefficient (Wildman–Crippen LogP) is 4.59. The molecule has 1 aliphatic carbocycles. The summed E-state index contributed by atoms with van der Waals surface area (Å²) in [6.07, 6.45) is 2.61. The summed E-state index contributed by atoms with van der Waals surface area (Å²) in [4.78, 5) is 19.1. The van der Waals surface area contributed by atoms with Crippen LogP contribution >= 0.6 is 0 Å². The molecule has 3 aromatic rings. The number of allylic oxidation sites excluding steroid dienone is 1. The Kier molecular flexibility index (Phi) is 7.51. The van der Waals surface area contributed by atoms with Crippen molar-refractivity contribution in [2.24, 2.45) is 0 Å². The zero-order chi connectivity index (χ0) is 25.9. The molecular weight excluding hydrogens is 461 g/mol. The molecule has 1 aliphatic rings. The summed E-state index contributed by atoms with van der Waals surface area (Å²) < 4.78 is 25.4. The molecule has 36 heavy (non-hydrogen) atoms. The molecule has 0 fully saturated rings. The van der Waals surface area contributed by atoms with E-state index in [9.17, 15) is 4.39 Å². The molecule has 4 rings (SSSR count). The molecule has 2 heterocycles. The summed E-state index contributed by atoms with van der Waals surface area (Å²) in [6, 6.07) is 10.2. The summed E-state index contributed by atoms with van der Waals surface area (Å²) in [5.41, 5.74) is 14.1. The van der Waals surface area contributed by atoms with E-state index in [-0.39, 0.29) is 23.3 Å². The van der Waals surface area contributed by atoms with Gasteiger partial charge in [-0.1, -0.05) is 18.2 Å². The van der Waals surface area contributed by atoms with Crippen molar-refractivity contribution in [1.29, 1.82) is 0 Å². The number of hydrogen-bond acceptors (Lipinski definition) is 8. The molecule has 0 saturated heterocycles. The van der Waals surface area contributed by atoms with Crippen molar-refractivity contribution < 1.29 is 18.7 Å². The average molecular weight is 494 g/mol. The lowest BCUT2D eigenvalue weighted by molar-refractivity contribution is -0.0469. The number of rotatable bonds is 8. The molecule has 1 aromatic carbocycles. The van der Waals surface area contributed by atoms with Gasteiger partial charge in [-0.05, 0) is 51.5 Å². The minimum absolute atomic E-state index is 0.147. The fourth-order valence-corrected chi connectivity index (χ4v) is 4.26. The molecule has 0 saturated carbocycles. The maximum atomic E-state index is 14.4. The molecule has 1 atom stereocenters. The third kappa shape index (κ3) is 5.98. The first kappa shape index (κ1) is 25.5.